The Morgan fingerprint density at radius 2 is 1.57 bits per heavy atom. The summed E-state index contributed by atoms with van der Waals surface area (Å²) in [6.07, 6.45) is 0.944. The molecule has 4 nitrogen and oxygen atoms in total. The number of hydrogen-bond acceptors (Lipinski definition) is 2. The third-order valence-corrected chi connectivity index (χ3v) is 0.571. The predicted molar refractivity (Wildman–Crippen MR) is 20.6 cm³/mol. The third kappa shape index (κ3) is 0.677. The van der Waals surface area contributed by atoms with Crippen LogP contribution in [0, 0.1) is 6.42 Å². The fourth-order valence-electron chi connectivity index (χ4n) is 0.314. The molecule has 2 N–H and O–H groups in total. The second-order valence-corrected chi connectivity index (χ2v) is 1.12. The molecule has 1 rings (SSSR count). The summed E-state index contributed by atoms with van der Waals surface area (Å²) in [4.78, 5) is 20.0. The lowest BCUT2D eigenvalue weighted by Crippen LogP contribution is -2.28. The van der Waals surface area contributed by atoms with Crippen molar-refractivity contribution >= 4 is 11.8 Å². The van der Waals surface area contributed by atoms with Crippen LogP contribution in [-0.2, 0) is 9.59 Å². The van der Waals surface area contributed by atoms with Crippen molar-refractivity contribution in [2.75, 3.05) is 0 Å². The average Bonchev–Trinajstić information content (AvgIpc) is 1.87. The minimum atomic E-state index is -0.384. The normalized spacial score (nSPS) is 18.9. The SMILES string of the molecule is O=C1[CH]C(=O)NN1. The van der Waals surface area contributed by atoms with Crippen LogP contribution in [0.5, 0.6) is 0 Å². The van der Waals surface area contributed by atoms with Crippen molar-refractivity contribution in [3.8, 4) is 0 Å². The van der Waals surface area contributed by atoms with Gasteiger partial charge in [0.1, 0.15) is 6.42 Å². The number of hydrogen-bond donors (Lipinski definition) is 2. The first-order valence-corrected chi connectivity index (χ1v) is 1.74. The molecule has 1 saturated heterocycles. The maximum atomic E-state index is 10.0. The molecule has 1 fully saturated rings. The Balaban J connectivity index is 2.55. The zero-order chi connectivity index (χ0) is 5.28. The first kappa shape index (κ1) is 4.11. The number of hydrazine groups is 1. The molecule has 1 aliphatic rings. The summed E-state index contributed by atoms with van der Waals surface area (Å²) in [5.41, 5.74) is 4.15. The maximum Gasteiger partial charge on any atom is 0.252 e. The molecule has 1 aliphatic heterocycles. The van der Waals surface area contributed by atoms with Gasteiger partial charge in [0, 0.05) is 0 Å². The molecule has 0 aliphatic carbocycles. The fourth-order valence-corrected chi connectivity index (χ4v) is 0.314. The van der Waals surface area contributed by atoms with E-state index >= 15 is 0 Å². The maximum absolute atomic E-state index is 10.0. The van der Waals surface area contributed by atoms with Crippen LogP contribution in [0.25, 0.3) is 0 Å². The van der Waals surface area contributed by atoms with Gasteiger partial charge in [-0.15, -0.1) is 0 Å². The second-order valence-electron chi connectivity index (χ2n) is 1.12. The van der Waals surface area contributed by atoms with Crippen LogP contribution < -0.4 is 10.9 Å². The molecule has 0 aromatic heterocycles. The summed E-state index contributed by atoms with van der Waals surface area (Å²) in [5.74, 6) is -0.769. The van der Waals surface area contributed by atoms with Gasteiger partial charge in [-0.3, -0.25) is 20.4 Å². The number of carbonyl (C=O) groups excluding carboxylic acids is 2. The Kier molecular flexibility index (Phi) is 0.714. The largest absolute Gasteiger partial charge is 0.272 e. The van der Waals surface area contributed by atoms with Crippen molar-refractivity contribution < 1.29 is 9.59 Å². The summed E-state index contributed by atoms with van der Waals surface area (Å²) in [5, 5.41) is 0. The van der Waals surface area contributed by atoms with E-state index in [-0.39, 0.29) is 11.8 Å². The van der Waals surface area contributed by atoms with Crippen LogP contribution in [0.15, 0.2) is 0 Å². The van der Waals surface area contributed by atoms with Gasteiger partial charge in [0.05, 0.1) is 0 Å². The predicted octanol–water partition coefficient (Wildman–Crippen LogP) is -1.65. The van der Waals surface area contributed by atoms with Crippen LogP contribution in [0.1, 0.15) is 0 Å². The fraction of sp³-hybridized carbons (Fsp3) is 0. The molecule has 0 aromatic carbocycles. The van der Waals surface area contributed by atoms with Crippen LogP contribution in [0.4, 0.5) is 0 Å². The zero-order valence-electron chi connectivity index (χ0n) is 3.39. The minimum absolute atomic E-state index is 0.384. The van der Waals surface area contributed by atoms with Crippen molar-refractivity contribution in [3.05, 3.63) is 6.42 Å². The minimum Gasteiger partial charge on any atom is -0.272 e. The van der Waals surface area contributed by atoms with E-state index in [0.717, 1.165) is 6.42 Å². The van der Waals surface area contributed by atoms with E-state index in [2.05, 4.69) is 10.9 Å². The van der Waals surface area contributed by atoms with Crippen molar-refractivity contribution in [3.63, 3.8) is 0 Å². The Morgan fingerprint density at radius 1 is 1.14 bits per heavy atom. The Hall–Kier alpha value is -1.06. The highest BCUT2D eigenvalue weighted by molar-refractivity contribution is 6.12. The lowest BCUT2D eigenvalue weighted by atomic mass is 10.4. The van der Waals surface area contributed by atoms with E-state index in [9.17, 15) is 9.59 Å². The Bertz CT molecular complexity index is 106. The van der Waals surface area contributed by atoms with Crippen LogP contribution >= 0.6 is 0 Å². The molecule has 1 radical (unpaired) electrons. The van der Waals surface area contributed by atoms with Gasteiger partial charge in [0.2, 0.25) is 0 Å². The van der Waals surface area contributed by atoms with E-state index in [0.29, 0.717) is 0 Å². The molecule has 4 heteroatoms. The molecule has 2 amide bonds. The lowest BCUT2D eigenvalue weighted by Gasteiger charge is -1.83. The van der Waals surface area contributed by atoms with Crippen molar-refractivity contribution in [2.45, 2.75) is 0 Å². The number of carbonyl (C=O) groups is 2. The van der Waals surface area contributed by atoms with E-state index in [1.807, 2.05) is 0 Å². The van der Waals surface area contributed by atoms with Crippen LogP contribution in [0.3, 0.4) is 0 Å². The van der Waals surface area contributed by atoms with E-state index in [1.165, 1.54) is 0 Å². The quantitative estimate of drug-likeness (QED) is 0.382. The smallest absolute Gasteiger partial charge is 0.252 e. The standard InChI is InChI=1S/C3H3N2O2/c6-2-1-3(7)5-4-2/h1H,(H,4,6)(H,5,7). The average molecular weight is 99.1 g/mol. The van der Waals surface area contributed by atoms with Crippen molar-refractivity contribution in [1.29, 1.82) is 0 Å². The topological polar surface area (TPSA) is 58.2 Å². The molecule has 0 spiro atoms. The highest BCUT2D eigenvalue weighted by atomic mass is 16.2. The van der Waals surface area contributed by atoms with Gasteiger partial charge >= 0.3 is 0 Å². The summed E-state index contributed by atoms with van der Waals surface area (Å²) in [6.45, 7) is 0. The van der Waals surface area contributed by atoms with Crippen molar-refractivity contribution in [1.82, 2.24) is 10.9 Å². The van der Waals surface area contributed by atoms with Gasteiger partial charge in [-0.05, 0) is 0 Å². The van der Waals surface area contributed by atoms with Crippen molar-refractivity contribution in [2.24, 2.45) is 0 Å². The molecule has 0 unspecified atom stereocenters. The van der Waals surface area contributed by atoms with Gasteiger partial charge in [0.25, 0.3) is 11.8 Å². The van der Waals surface area contributed by atoms with E-state index < -0.39 is 0 Å². The first-order chi connectivity index (χ1) is 3.29. The molecule has 0 bridgehead atoms. The van der Waals surface area contributed by atoms with E-state index in [4.69, 9.17) is 0 Å². The second kappa shape index (κ2) is 1.22. The molecule has 0 atom stereocenters. The molecular formula is C3H3N2O2. The lowest BCUT2D eigenvalue weighted by molar-refractivity contribution is -0.117. The van der Waals surface area contributed by atoms with Gasteiger partial charge < -0.3 is 0 Å². The monoisotopic (exact) mass is 99.0 g/mol. The third-order valence-electron chi connectivity index (χ3n) is 0.571. The molecule has 1 heterocycles. The van der Waals surface area contributed by atoms with E-state index in [1.54, 1.807) is 0 Å². The zero-order valence-corrected chi connectivity index (χ0v) is 3.39. The van der Waals surface area contributed by atoms with Crippen LogP contribution in [0.2, 0.25) is 0 Å². The molecule has 0 saturated carbocycles. The van der Waals surface area contributed by atoms with Gasteiger partial charge in [-0.25, -0.2) is 0 Å². The Labute approximate surface area is 39.9 Å². The van der Waals surface area contributed by atoms with Gasteiger partial charge in [-0.2, -0.15) is 0 Å². The van der Waals surface area contributed by atoms with Gasteiger partial charge in [-0.1, -0.05) is 0 Å². The first-order valence-electron chi connectivity index (χ1n) is 1.74. The molecule has 37 valence electrons. The number of nitrogens with one attached hydrogen (secondary N) is 2. The molecule has 0 aromatic rings. The van der Waals surface area contributed by atoms with Gasteiger partial charge in [0.15, 0.2) is 0 Å². The summed E-state index contributed by atoms with van der Waals surface area (Å²) >= 11 is 0. The summed E-state index contributed by atoms with van der Waals surface area (Å²) < 4.78 is 0. The molecular weight excluding hydrogens is 96.0 g/mol. The number of rotatable bonds is 0. The highest BCUT2D eigenvalue weighted by Gasteiger charge is 2.16. The Morgan fingerprint density at radius 3 is 1.71 bits per heavy atom. The summed E-state index contributed by atoms with van der Waals surface area (Å²) in [7, 11) is 0. The molecule has 7 heavy (non-hydrogen) atoms. The highest BCUT2D eigenvalue weighted by Crippen LogP contribution is 1.80. The number of amides is 2. The summed E-state index contributed by atoms with van der Waals surface area (Å²) in [6, 6.07) is 0. The van der Waals surface area contributed by atoms with Crippen LogP contribution in [-0.4, -0.2) is 11.8 Å².